The Kier molecular flexibility index (Phi) is 7.88. The van der Waals surface area contributed by atoms with Crippen molar-refractivity contribution < 1.29 is 19.7 Å². The number of phenolic OH excluding ortho intramolecular Hbond substituents is 1. The van der Waals surface area contributed by atoms with Crippen molar-refractivity contribution in [2.24, 2.45) is 10.9 Å². The number of benzene rings is 1. The molecule has 162 valence electrons. The van der Waals surface area contributed by atoms with Crippen molar-refractivity contribution in [2.75, 3.05) is 6.61 Å². The molecule has 0 fully saturated rings. The first kappa shape index (κ1) is 22.3. The predicted octanol–water partition coefficient (Wildman–Crippen LogP) is 4.45. The number of aromatic hydroxyl groups is 1. The lowest BCUT2D eigenvalue weighted by Crippen LogP contribution is -2.19. The molecule has 3 rings (SSSR count). The van der Waals surface area contributed by atoms with E-state index in [1.54, 1.807) is 12.3 Å². The smallest absolute Gasteiger partial charge is 0.207 e. The van der Waals surface area contributed by atoms with Gasteiger partial charge in [0.25, 0.3) is 0 Å². The Morgan fingerprint density at radius 1 is 1.33 bits per heavy atom. The summed E-state index contributed by atoms with van der Waals surface area (Å²) in [6.07, 6.45) is 13.8. The van der Waals surface area contributed by atoms with E-state index in [-0.39, 0.29) is 12.4 Å². The van der Waals surface area contributed by atoms with Gasteiger partial charge in [0.1, 0.15) is 30.9 Å². The van der Waals surface area contributed by atoms with E-state index in [9.17, 15) is 10.2 Å². The molecule has 2 aliphatic rings. The molecule has 0 spiro atoms. The number of aliphatic hydroxyl groups excluding tert-OH is 1. The van der Waals surface area contributed by atoms with Crippen LogP contribution in [-0.2, 0) is 6.42 Å². The molecule has 0 radical (unpaired) electrons. The van der Waals surface area contributed by atoms with Crippen LogP contribution >= 0.6 is 0 Å². The Balaban J connectivity index is 1.49. The molecule has 2 aliphatic heterocycles. The summed E-state index contributed by atoms with van der Waals surface area (Å²) >= 11 is 0. The Morgan fingerprint density at radius 2 is 2.17 bits per heavy atom. The van der Waals surface area contributed by atoms with Gasteiger partial charge in [-0.05, 0) is 50.8 Å². The lowest BCUT2D eigenvalue weighted by Gasteiger charge is -2.17. The minimum absolute atomic E-state index is 0.0418. The molecule has 1 aromatic rings. The van der Waals surface area contributed by atoms with Crippen LogP contribution in [0, 0.1) is 17.9 Å². The number of allylic oxidation sites excluding steroid dienone is 1. The number of aliphatic imine (C=N–C) groups is 1. The Bertz CT molecular complexity index is 783. The average Bonchev–Trinajstić information content (AvgIpc) is 3.40. The summed E-state index contributed by atoms with van der Waals surface area (Å²) in [5, 5.41) is 20.5. The number of aryl methyl sites for hydroxylation is 1. The van der Waals surface area contributed by atoms with Crippen LogP contribution in [0.25, 0.3) is 0 Å². The fourth-order valence-electron chi connectivity index (χ4n) is 3.49. The number of rotatable bonds is 11. The van der Waals surface area contributed by atoms with Crippen molar-refractivity contribution >= 4 is 6.21 Å². The highest BCUT2D eigenvalue weighted by Crippen LogP contribution is 2.30. The second-order valence-corrected chi connectivity index (χ2v) is 8.30. The molecule has 2 heterocycles. The first-order chi connectivity index (χ1) is 14.5. The topological polar surface area (TPSA) is 74.8 Å². The molecule has 0 saturated heterocycles. The van der Waals surface area contributed by atoms with Gasteiger partial charge in [0.05, 0.1) is 6.10 Å². The highest BCUT2D eigenvalue weighted by molar-refractivity contribution is 5.82. The van der Waals surface area contributed by atoms with Gasteiger partial charge in [-0.3, -0.25) is 0 Å². The highest BCUT2D eigenvalue weighted by atomic mass is 16.5. The van der Waals surface area contributed by atoms with Crippen LogP contribution in [0.15, 0.2) is 47.1 Å². The summed E-state index contributed by atoms with van der Waals surface area (Å²) in [5.41, 5.74) is 1.66. The number of ether oxygens (including phenoxy) is 2. The molecule has 1 aromatic carbocycles. The largest absolute Gasteiger partial charge is 0.504 e. The summed E-state index contributed by atoms with van der Waals surface area (Å²) in [6, 6.07) is 5.39. The van der Waals surface area contributed by atoms with Gasteiger partial charge in [-0.25, -0.2) is 0 Å². The lowest BCUT2D eigenvalue weighted by atomic mass is 9.97. The van der Waals surface area contributed by atoms with Gasteiger partial charge in [-0.15, -0.1) is 17.1 Å². The molecule has 0 amide bonds. The van der Waals surface area contributed by atoms with Crippen molar-refractivity contribution in [3.05, 3.63) is 59.7 Å². The number of nitrogens with zero attached hydrogens (tertiary/aromatic N) is 1. The minimum atomic E-state index is -0.835. The molecule has 2 atom stereocenters. The van der Waals surface area contributed by atoms with E-state index in [0.717, 1.165) is 36.8 Å². The van der Waals surface area contributed by atoms with Crippen molar-refractivity contribution in [1.82, 2.24) is 0 Å². The monoisotopic (exact) mass is 412 g/mol. The second kappa shape index (κ2) is 10.6. The Labute approximate surface area is 180 Å². The van der Waals surface area contributed by atoms with Gasteiger partial charge in [0, 0.05) is 12.3 Å². The SMILES string of the molecule is CCCCC1C=C[C-](CCc2ccc(O)c(OCC(O)C3=C[C+](C(C)C)C=N3)c2)[OH+]1. The lowest BCUT2D eigenvalue weighted by molar-refractivity contribution is -0.0480. The van der Waals surface area contributed by atoms with Crippen LogP contribution in [0.1, 0.15) is 52.0 Å². The van der Waals surface area contributed by atoms with E-state index in [0.29, 0.717) is 23.5 Å². The van der Waals surface area contributed by atoms with Crippen LogP contribution < -0.4 is 4.74 Å². The maximum Gasteiger partial charge on any atom is 0.207 e. The van der Waals surface area contributed by atoms with Crippen LogP contribution in [0.4, 0.5) is 0 Å². The quantitative estimate of drug-likeness (QED) is 0.416. The van der Waals surface area contributed by atoms with E-state index in [2.05, 4.69) is 37.9 Å². The third kappa shape index (κ3) is 6.07. The minimum Gasteiger partial charge on any atom is -0.504 e. The molecule has 0 aromatic heterocycles. The molecular formula is C25H34NO4+. The summed E-state index contributed by atoms with van der Waals surface area (Å²) < 4.78 is 10.5. The zero-order valence-electron chi connectivity index (χ0n) is 18.2. The van der Waals surface area contributed by atoms with Gasteiger partial charge >= 0.3 is 0 Å². The number of unbranched alkanes of at least 4 members (excludes halogenated alkanes) is 1. The van der Waals surface area contributed by atoms with Crippen molar-refractivity contribution in [3.63, 3.8) is 0 Å². The molecular weight excluding hydrogens is 378 g/mol. The standard InChI is InChI=1S/C25H33NO4/c1-4-5-6-20-10-11-21(30-20)9-7-18-8-12-23(27)25(13-18)29-16-24(28)22-14-19(15-26-22)17(2)3/h8,10-15,17,20,24,28,30H,4-7,9,16H2,1-3H3/p+1. The average molecular weight is 413 g/mol. The van der Waals surface area contributed by atoms with Gasteiger partial charge in [0.2, 0.25) is 5.70 Å². The number of phenols is 1. The third-order valence-corrected chi connectivity index (χ3v) is 5.47. The first-order valence-corrected chi connectivity index (χ1v) is 11.0. The molecule has 2 unspecified atom stereocenters. The Hall–Kier alpha value is -2.37. The summed E-state index contributed by atoms with van der Waals surface area (Å²) in [6.45, 7) is 6.42. The van der Waals surface area contributed by atoms with Crippen molar-refractivity contribution in [1.29, 1.82) is 0 Å². The van der Waals surface area contributed by atoms with Gasteiger partial charge in [-0.2, -0.15) is 0 Å². The van der Waals surface area contributed by atoms with Crippen LogP contribution in [0.5, 0.6) is 11.5 Å². The predicted molar refractivity (Wildman–Crippen MR) is 121 cm³/mol. The van der Waals surface area contributed by atoms with Crippen LogP contribution in [0.3, 0.4) is 0 Å². The number of hydrogen-bond acceptors (Lipinski definition) is 4. The highest BCUT2D eigenvalue weighted by Gasteiger charge is 2.30. The molecule has 0 bridgehead atoms. The summed E-state index contributed by atoms with van der Waals surface area (Å²) in [7, 11) is 0. The first-order valence-electron chi connectivity index (χ1n) is 11.0. The van der Waals surface area contributed by atoms with E-state index in [4.69, 9.17) is 9.47 Å². The number of hydrogen-bond donors (Lipinski definition) is 2. The van der Waals surface area contributed by atoms with Crippen molar-refractivity contribution in [3.8, 4) is 11.5 Å². The maximum absolute atomic E-state index is 10.4. The molecule has 30 heavy (non-hydrogen) atoms. The molecule has 5 nitrogen and oxygen atoms in total. The summed E-state index contributed by atoms with van der Waals surface area (Å²) in [4.78, 5) is 4.28. The van der Waals surface area contributed by atoms with E-state index in [1.807, 2.05) is 18.2 Å². The van der Waals surface area contributed by atoms with Crippen molar-refractivity contribution in [2.45, 2.75) is 65.1 Å². The molecule has 5 heteroatoms. The van der Waals surface area contributed by atoms with Gasteiger partial charge in [0.15, 0.2) is 17.6 Å². The van der Waals surface area contributed by atoms with E-state index in [1.165, 1.54) is 12.8 Å². The zero-order chi connectivity index (χ0) is 21.5. The number of aliphatic hydroxyl groups is 3. The second-order valence-electron chi connectivity index (χ2n) is 8.30. The van der Waals surface area contributed by atoms with E-state index < -0.39 is 6.10 Å². The Morgan fingerprint density at radius 3 is 2.90 bits per heavy atom. The van der Waals surface area contributed by atoms with Gasteiger partial charge in [-0.1, -0.05) is 19.4 Å². The van der Waals surface area contributed by atoms with Crippen LogP contribution in [0.2, 0.25) is 0 Å². The fourth-order valence-corrected chi connectivity index (χ4v) is 3.49. The molecule has 3 N–H and O–H groups in total. The van der Waals surface area contributed by atoms with E-state index >= 15 is 0 Å². The zero-order valence-corrected chi connectivity index (χ0v) is 18.2. The normalized spacial score (nSPS) is 19.1. The van der Waals surface area contributed by atoms with Gasteiger partial charge < -0.3 is 19.7 Å². The van der Waals surface area contributed by atoms with Crippen LogP contribution in [-0.4, -0.2) is 40.0 Å². The third-order valence-electron chi connectivity index (χ3n) is 5.47. The summed E-state index contributed by atoms with van der Waals surface area (Å²) in [5.74, 6) is 1.91. The maximum atomic E-state index is 10.4. The fraction of sp³-hybridized carbons (Fsp3) is 0.480. The molecule has 0 aliphatic carbocycles. The molecule has 0 saturated carbocycles.